The van der Waals surface area contributed by atoms with Gasteiger partial charge < -0.3 is 10.0 Å². The monoisotopic (exact) mass is 279 g/mol. The van der Waals surface area contributed by atoms with Crippen molar-refractivity contribution in [2.24, 2.45) is 5.92 Å². The van der Waals surface area contributed by atoms with Gasteiger partial charge in [-0.2, -0.15) is 0 Å². The van der Waals surface area contributed by atoms with Crippen LogP contribution in [0.25, 0.3) is 0 Å². The highest BCUT2D eigenvalue weighted by Crippen LogP contribution is 2.23. The summed E-state index contributed by atoms with van der Waals surface area (Å²) in [4.78, 5) is 24.5. The summed E-state index contributed by atoms with van der Waals surface area (Å²) in [7, 11) is 0. The molecule has 1 unspecified atom stereocenters. The summed E-state index contributed by atoms with van der Waals surface area (Å²) < 4.78 is 13.3. The van der Waals surface area contributed by atoms with Gasteiger partial charge in [0, 0.05) is 25.1 Å². The van der Waals surface area contributed by atoms with Crippen LogP contribution in [0.4, 0.5) is 4.39 Å². The number of aryl methyl sites for hydroxylation is 1. The number of likely N-dealkylation sites (tertiary alicyclic amines) is 1. The van der Waals surface area contributed by atoms with Gasteiger partial charge in [-0.1, -0.05) is 0 Å². The van der Waals surface area contributed by atoms with Crippen molar-refractivity contribution in [1.82, 2.24) is 4.90 Å². The first-order chi connectivity index (χ1) is 9.45. The van der Waals surface area contributed by atoms with E-state index in [9.17, 15) is 14.0 Å². The molecular weight excluding hydrogens is 261 g/mol. The lowest BCUT2D eigenvalue weighted by Crippen LogP contribution is -2.28. The van der Waals surface area contributed by atoms with Crippen molar-refractivity contribution < 1.29 is 19.1 Å². The summed E-state index contributed by atoms with van der Waals surface area (Å²) in [5.74, 6) is -1.17. The Morgan fingerprint density at radius 3 is 2.80 bits per heavy atom. The maximum Gasteiger partial charge on any atom is 0.303 e. The first kappa shape index (κ1) is 14.5. The van der Waals surface area contributed by atoms with E-state index in [0.29, 0.717) is 25.1 Å². The van der Waals surface area contributed by atoms with Gasteiger partial charge in [-0.3, -0.25) is 9.59 Å². The Labute approximate surface area is 117 Å². The van der Waals surface area contributed by atoms with Gasteiger partial charge in [-0.15, -0.1) is 0 Å². The fraction of sp³-hybridized carbons (Fsp3) is 0.467. The number of rotatable bonds is 4. The number of hydrogen-bond acceptors (Lipinski definition) is 2. The number of carbonyl (C=O) groups is 2. The summed E-state index contributed by atoms with van der Waals surface area (Å²) in [6.45, 7) is 2.92. The minimum absolute atomic E-state index is 0.131. The van der Waals surface area contributed by atoms with Crippen molar-refractivity contribution in [3.63, 3.8) is 0 Å². The summed E-state index contributed by atoms with van der Waals surface area (Å²) in [5, 5.41) is 8.67. The third-order valence-electron chi connectivity index (χ3n) is 3.63. The van der Waals surface area contributed by atoms with E-state index >= 15 is 0 Å². The highest BCUT2D eigenvalue weighted by molar-refractivity contribution is 5.94. The standard InChI is InChI=1S/C15H18FNO3/c1-10-6-12(8-13(16)7-10)15(20)17-5-4-11(9-17)2-3-14(18)19/h6-8,11H,2-5,9H2,1H3,(H,18,19). The predicted octanol–water partition coefficient (Wildman–Crippen LogP) is 2.46. The van der Waals surface area contributed by atoms with Crippen molar-refractivity contribution in [3.8, 4) is 0 Å². The number of amides is 1. The quantitative estimate of drug-likeness (QED) is 0.921. The Hall–Kier alpha value is -1.91. The molecule has 5 heteroatoms. The normalized spacial score (nSPS) is 18.3. The zero-order chi connectivity index (χ0) is 14.7. The Kier molecular flexibility index (Phi) is 4.37. The van der Waals surface area contributed by atoms with E-state index in [-0.39, 0.29) is 18.2 Å². The number of hydrogen-bond donors (Lipinski definition) is 1. The second-order valence-corrected chi connectivity index (χ2v) is 5.36. The topological polar surface area (TPSA) is 57.6 Å². The van der Waals surface area contributed by atoms with E-state index in [4.69, 9.17) is 5.11 Å². The Morgan fingerprint density at radius 2 is 2.15 bits per heavy atom. The maximum atomic E-state index is 13.3. The average molecular weight is 279 g/mol. The number of carboxylic acids is 1. The van der Waals surface area contributed by atoms with Crippen molar-refractivity contribution in [3.05, 3.63) is 35.1 Å². The van der Waals surface area contributed by atoms with Gasteiger partial charge in [0.15, 0.2) is 0 Å². The molecule has 1 amide bonds. The van der Waals surface area contributed by atoms with E-state index in [1.54, 1.807) is 17.9 Å². The molecule has 0 aliphatic carbocycles. The van der Waals surface area contributed by atoms with Gasteiger partial charge >= 0.3 is 5.97 Å². The summed E-state index contributed by atoms with van der Waals surface area (Å²) >= 11 is 0. The Balaban J connectivity index is 1.98. The third kappa shape index (κ3) is 3.56. The fourth-order valence-corrected chi connectivity index (χ4v) is 2.62. The minimum Gasteiger partial charge on any atom is -0.481 e. The van der Waals surface area contributed by atoms with E-state index in [1.165, 1.54) is 12.1 Å². The summed E-state index contributed by atoms with van der Waals surface area (Å²) in [5.41, 5.74) is 1.08. The smallest absolute Gasteiger partial charge is 0.303 e. The zero-order valence-electron chi connectivity index (χ0n) is 11.4. The molecule has 1 aliphatic heterocycles. The molecule has 0 bridgehead atoms. The lowest BCUT2D eigenvalue weighted by Gasteiger charge is -2.17. The zero-order valence-corrected chi connectivity index (χ0v) is 11.4. The molecule has 1 N–H and O–H groups in total. The van der Waals surface area contributed by atoms with E-state index in [2.05, 4.69) is 0 Å². The molecular formula is C15H18FNO3. The van der Waals surface area contributed by atoms with Crippen LogP contribution in [-0.4, -0.2) is 35.0 Å². The second-order valence-electron chi connectivity index (χ2n) is 5.36. The fourth-order valence-electron chi connectivity index (χ4n) is 2.62. The number of benzene rings is 1. The lowest BCUT2D eigenvalue weighted by atomic mass is 10.0. The SMILES string of the molecule is Cc1cc(F)cc(C(=O)N2CCC(CCC(=O)O)C2)c1. The van der Waals surface area contributed by atoms with E-state index < -0.39 is 11.8 Å². The molecule has 20 heavy (non-hydrogen) atoms. The number of carbonyl (C=O) groups excluding carboxylic acids is 1. The first-order valence-electron chi connectivity index (χ1n) is 6.74. The molecule has 1 saturated heterocycles. The molecule has 1 aromatic carbocycles. The molecule has 1 atom stereocenters. The van der Waals surface area contributed by atoms with Gasteiger partial charge in [0.05, 0.1) is 0 Å². The highest BCUT2D eigenvalue weighted by Gasteiger charge is 2.27. The van der Waals surface area contributed by atoms with Crippen LogP contribution in [0.1, 0.15) is 35.2 Å². The Morgan fingerprint density at radius 1 is 1.40 bits per heavy atom. The molecule has 1 aliphatic rings. The number of carboxylic acid groups (broad SMARTS) is 1. The highest BCUT2D eigenvalue weighted by atomic mass is 19.1. The van der Waals surface area contributed by atoms with Crippen molar-refractivity contribution >= 4 is 11.9 Å². The number of nitrogens with zero attached hydrogens (tertiary/aromatic N) is 1. The van der Waals surface area contributed by atoms with Crippen LogP contribution < -0.4 is 0 Å². The molecule has 108 valence electrons. The van der Waals surface area contributed by atoms with Crippen molar-refractivity contribution in [2.75, 3.05) is 13.1 Å². The van der Waals surface area contributed by atoms with Crippen LogP contribution in [0.2, 0.25) is 0 Å². The third-order valence-corrected chi connectivity index (χ3v) is 3.63. The molecule has 1 heterocycles. The molecule has 0 radical (unpaired) electrons. The van der Waals surface area contributed by atoms with E-state index in [0.717, 1.165) is 12.0 Å². The van der Waals surface area contributed by atoms with Gasteiger partial charge in [0.2, 0.25) is 0 Å². The average Bonchev–Trinajstić information content (AvgIpc) is 2.83. The molecule has 2 rings (SSSR count). The summed E-state index contributed by atoms with van der Waals surface area (Å²) in [6, 6.07) is 4.31. The van der Waals surface area contributed by atoms with Crippen LogP contribution >= 0.6 is 0 Å². The van der Waals surface area contributed by atoms with Gasteiger partial charge in [0.1, 0.15) is 5.82 Å². The van der Waals surface area contributed by atoms with Crippen molar-refractivity contribution in [1.29, 1.82) is 0 Å². The van der Waals surface area contributed by atoms with Crippen LogP contribution in [0.15, 0.2) is 18.2 Å². The minimum atomic E-state index is -0.810. The lowest BCUT2D eigenvalue weighted by molar-refractivity contribution is -0.137. The van der Waals surface area contributed by atoms with Gasteiger partial charge in [-0.25, -0.2) is 4.39 Å². The van der Waals surface area contributed by atoms with Crippen molar-refractivity contribution in [2.45, 2.75) is 26.2 Å². The number of aliphatic carboxylic acids is 1. The van der Waals surface area contributed by atoms with Crippen LogP contribution in [0.3, 0.4) is 0 Å². The molecule has 1 aromatic rings. The molecule has 0 aromatic heterocycles. The van der Waals surface area contributed by atoms with Crippen LogP contribution in [-0.2, 0) is 4.79 Å². The van der Waals surface area contributed by atoms with E-state index in [1.807, 2.05) is 0 Å². The van der Waals surface area contributed by atoms with Crippen LogP contribution in [0, 0.1) is 18.7 Å². The predicted molar refractivity (Wildman–Crippen MR) is 72.0 cm³/mol. The number of halogens is 1. The molecule has 0 spiro atoms. The molecule has 0 saturated carbocycles. The summed E-state index contributed by atoms with van der Waals surface area (Å²) in [6.07, 6.45) is 1.53. The maximum absolute atomic E-state index is 13.3. The molecule has 4 nitrogen and oxygen atoms in total. The second kappa shape index (κ2) is 6.03. The first-order valence-corrected chi connectivity index (χ1v) is 6.74. The largest absolute Gasteiger partial charge is 0.481 e. The molecule has 1 fully saturated rings. The van der Waals surface area contributed by atoms with Gasteiger partial charge in [0.25, 0.3) is 5.91 Å². The Bertz CT molecular complexity index is 510. The van der Waals surface area contributed by atoms with Gasteiger partial charge in [-0.05, 0) is 49.4 Å². The van der Waals surface area contributed by atoms with Crippen LogP contribution in [0.5, 0.6) is 0 Å².